The molecule has 172 valence electrons. The monoisotopic (exact) mass is 463 g/mol. The van der Waals surface area contributed by atoms with Crippen LogP contribution in [0.25, 0.3) is 22.6 Å². The lowest BCUT2D eigenvalue weighted by Gasteiger charge is -2.27. The second kappa shape index (κ2) is 8.83. The summed E-state index contributed by atoms with van der Waals surface area (Å²) in [6.45, 7) is 1.76. The minimum atomic E-state index is -4.40. The van der Waals surface area contributed by atoms with Gasteiger partial charge in [0.15, 0.2) is 0 Å². The van der Waals surface area contributed by atoms with Gasteiger partial charge >= 0.3 is 6.18 Å². The second-order valence-corrected chi connectivity index (χ2v) is 8.17. The van der Waals surface area contributed by atoms with Crippen molar-refractivity contribution in [1.29, 1.82) is 0 Å². The van der Waals surface area contributed by atoms with Crippen molar-refractivity contribution in [3.8, 4) is 22.6 Å². The van der Waals surface area contributed by atoms with Crippen molar-refractivity contribution < 1.29 is 13.2 Å². The van der Waals surface area contributed by atoms with Gasteiger partial charge in [0.25, 0.3) is 5.56 Å². The summed E-state index contributed by atoms with van der Waals surface area (Å²) in [6.07, 6.45) is 1.23. The Kier molecular flexibility index (Phi) is 5.70. The fourth-order valence-corrected chi connectivity index (χ4v) is 4.06. The van der Waals surface area contributed by atoms with Gasteiger partial charge in [0, 0.05) is 55.8 Å². The van der Waals surface area contributed by atoms with Gasteiger partial charge in [-0.1, -0.05) is 18.2 Å². The lowest BCUT2D eigenvalue weighted by molar-refractivity contribution is -0.137. The first-order valence-corrected chi connectivity index (χ1v) is 10.7. The van der Waals surface area contributed by atoms with Crippen LogP contribution >= 0.6 is 0 Å². The van der Waals surface area contributed by atoms with E-state index in [-0.39, 0.29) is 5.56 Å². The molecule has 4 heterocycles. The normalized spacial score (nSPS) is 14.1. The molecule has 0 amide bonds. The maximum atomic E-state index is 13.0. The third-order valence-electron chi connectivity index (χ3n) is 5.82. The number of benzene rings is 1. The average Bonchev–Trinajstić information content (AvgIpc) is 2.85. The molecule has 0 unspecified atom stereocenters. The molecule has 0 radical (unpaired) electrons. The number of nitrogens with one attached hydrogen (secondary N) is 1. The van der Waals surface area contributed by atoms with E-state index in [9.17, 15) is 18.0 Å². The zero-order valence-corrected chi connectivity index (χ0v) is 18.0. The topological polar surface area (TPSA) is 74.8 Å². The van der Waals surface area contributed by atoms with Crippen LogP contribution in [0.5, 0.6) is 0 Å². The Morgan fingerprint density at radius 2 is 1.85 bits per heavy atom. The van der Waals surface area contributed by atoms with E-state index in [1.807, 2.05) is 6.07 Å². The number of rotatable bonds is 4. The van der Waals surface area contributed by atoms with Crippen molar-refractivity contribution in [3.63, 3.8) is 0 Å². The molecule has 34 heavy (non-hydrogen) atoms. The van der Waals surface area contributed by atoms with Crippen LogP contribution in [-0.2, 0) is 25.7 Å². The summed E-state index contributed by atoms with van der Waals surface area (Å²) in [5.74, 6) is 0.536. The predicted molar refractivity (Wildman–Crippen MR) is 121 cm³/mol. The van der Waals surface area contributed by atoms with Gasteiger partial charge in [-0.05, 0) is 35.9 Å². The highest BCUT2D eigenvalue weighted by molar-refractivity contribution is 5.60. The molecule has 1 N–H and O–H groups in total. The van der Waals surface area contributed by atoms with Crippen LogP contribution in [0.2, 0.25) is 0 Å². The van der Waals surface area contributed by atoms with Crippen LogP contribution in [0, 0.1) is 0 Å². The van der Waals surface area contributed by atoms with Crippen molar-refractivity contribution in [1.82, 2.24) is 24.8 Å². The minimum Gasteiger partial charge on any atom is -0.306 e. The molecule has 0 saturated carbocycles. The molecule has 0 bridgehead atoms. The Morgan fingerprint density at radius 1 is 1.03 bits per heavy atom. The number of halogens is 3. The number of hydrogen-bond acceptors (Lipinski definition) is 5. The molecule has 3 aromatic heterocycles. The second-order valence-electron chi connectivity index (χ2n) is 8.17. The number of alkyl halides is 3. The van der Waals surface area contributed by atoms with Crippen LogP contribution in [0.1, 0.15) is 22.4 Å². The van der Waals surface area contributed by atoms with E-state index in [2.05, 4.69) is 24.8 Å². The van der Waals surface area contributed by atoms with E-state index in [0.29, 0.717) is 42.2 Å². The number of nitrogens with zero attached hydrogens (tertiary/aromatic N) is 4. The SMILES string of the molecule is O=c1[nH]c(-c2ccncc2)nc2c1CN(Cc1ccc(-c3cccc(C(F)(F)F)c3)nc1)CC2. The van der Waals surface area contributed by atoms with Gasteiger partial charge in [-0.3, -0.25) is 19.7 Å². The molecular formula is C25H20F3N5O. The first kappa shape index (κ1) is 22.0. The Bertz CT molecular complexity index is 1370. The summed E-state index contributed by atoms with van der Waals surface area (Å²) in [4.78, 5) is 30.7. The van der Waals surface area contributed by atoms with Crippen molar-refractivity contribution >= 4 is 0 Å². The third kappa shape index (κ3) is 4.60. The van der Waals surface area contributed by atoms with Gasteiger partial charge in [0.05, 0.1) is 22.5 Å². The number of fused-ring (bicyclic) bond motifs is 1. The first-order chi connectivity index (χ1) is 16.4. The molecule has 9 heteroatoms. The zero-order chi connectivity index (χ0) is 23.7. The van der Waals surface area contributed by atoms with Crippen molar-refractivity contribution in [2.45, 2.75) is 25.7 Å². The van der Waals surface area contributed by atoms with Crippen LogP contribution in [-0.4, -0.2) is 31.4 Å². The Morgan fingerprint density at radius 3 is 2.59 bits per heavy atom. The molecule has 1 aromatic carbocycles. The van der Waals surface area contributed by atoms with E-state index in [4.69, 9.17) is 0 Å². The van der Waals surface area contributed by atoms with E-state index in [0.717, 1.165) is 35.5 Å². The van der Waals surface area contributed by atoms with Crippen molar-refractivity contribution in [2.24, 2.45) is 0 Å². The van der Waals surface area contributed by atoms with Gasteiger partial charge < -0.3 is 4.98 Å². The molecule has 0 spiro atoms. The van der Waals surface area contributed by atoms with Crippen LogP contribution < -0.4 is 5.56 Å². The first-order valence-electron chi connectivity index (χ1n) is 10.7. The highest BCUT2D eigenvalue weighted by Gasteiger charge is 2.30. The van der Waals surface area contributed by atoms with Crippen LogP contribution in [0.3, 0.4) is 0 Å². The highest BCUT2D eigenvalue weighted by atomic mass is 19.4. The van der Waals surface area contributed by atoms with E-state index >= 15 is 0 Å². The van der Waals surface area contributed by atoms with Gasteiger partial charge in [0.2, 0.25) is 0 Å². The largest absolute Gasteiger partial charge is 0.416 e. The molecule has 1 aliphatic heterocycles. The van der Waals surface area contributed by atoms with Crippen molar-refractivity contribution in [3.05, 3.63) is 99.9 Å². The molecule has 0 atom stereocenters. The van der Waals surface area contributed by atoms with Crippen LogP contribution in [0.4, 0.5) is 13.2 Å². The van der Waals surface area contributed by atoms with E-state index in [1.165, 1.54) is 6.07 Å². The summed E-state index contributed by atoms with van der Waals surface area (Å²) in [5.41, 5.74) is 3.20. The predicted octanol–water partition coefficient (Wildman–Crippen LogP) is 4.47. The average molecular weight is 463 g/mol. The van der Waals surface area contributed by atoms with Crippen LogP contribution in [0.15, 0.2) is 71.9 Å². The summed E-state index contributed by atoms with van der Waals surface area (Å²) < 4.78 is 39.0. The summed E-state index contributed by atoms with van der Waals surface area (Å²) in [7, 11) is 0. The molecule has 0 fully saturated rings. The number of hydrogen-bond donors (Lipinski definition) is 1. The molecule has 5 rings (SSSR count). The quantitative estimate of drug-likeness (QED) is 0.483. The Hall–Kier alpha value is -3.85. The maximum absolute atomic E-state index is 13.0. The Labute approximate surface area is 193 Å². The summed E-state index contributed by atoms with van der Waals surface area (Å²) >= 11 is 0. The number of H-pyrrole nitrogens is 1. The minimum absolute atomic E-state index is 0.153. The van der Waals surface area contributed by atoms with E-state index < -0.39 is 11.7 Å². The van der Waals surface area contributed by atoms with Crippen molar-refractivity contribution in [2.75, 3.05) is 6.54 Å². The smallest absolute Gasteiger partial charge is 0.306 e. The maximum Gasteiger partial charge on any atom is 0.416 e. The number of pyridine rings is 2. The van der Waals surface area contributed by atoms with Gasteiger partial charge in [-0.2, -0.15) is 13.2 Å². The summed E-state index contributed by atoms with van der Waals surface area (Å²) in [6, 6.07) is 12.3. The highest BCUT2D eigenvalue weighted by Crippen LogP contribution is 2.31. The molecule has 6 nitrogen and oxygen atoms in total. The lowest BCUT2D eigenvalue weighted by Crippen LogP contribution is -2.35. The standard InChI is InChI=1S/C25H20F3N5O/c26-25(27,28)19-3-1-2-18(12-19)21-5-4-16(13-30-21)14-33-11-8-22-20(15-33)24(34)32-23(31-22)17-6-9-29-10-7-17/h1-7,9-10,12-13H,8,11,14-15H2,(H,31,32,34). The molecule has 0 saturated heterocycles. The number of aromatic amines is 1. The fraction of sp³-hybridized carbons (Fsp3) is 0.200. The molecule has 0 aliphatic carbocycles. The zero-order valence-electron chi connectivity index (χ0n) is 18.0. The molecular weight excluding hydrogens is 443 g/mol. The number of aromatic nitrogens is 4. The lowest BCUT2D eigenvalue weighted by atomic mass is 10.0. The fourth-order valence-electron chi connectivity index (χ4n) is 4.06. The van der Waals surface area contributed by atoms with Gasteiger partial charge in [0.1, 0.15) is 5.82 Å². The third-order valence-corrected chi connectivity index (χ3v) is 5.82. The van der Waals surface area contributed by atoms with E-state index in [1.54, 1.807) is 42.9 Å². The summed E-state index contributed by atoms with van der Waals surface area (Å²) in [5, 5.41) is 0. The molecule has 4 aromatic rings. The van der Waals surface area contributed by atoms with Gasteiger partial charge in [-0.15, -0.1) is 0 Å². The van der Waals surface area contributed by atoms with Gasteiger partial charge in [-0.25, -0.2) is 4.98 Å². The molecule has 1 aliphatic rings. The Balaban J connectivity index is 1.30.